The van der Waals surface area contributed by atoms with Crippen molar-refractivity contribution in [2.75, 3.05) is 13.2 Å². The molecule has 0 amide bonds. The van der Waals surface area contributed by atoms with Crippen LogP contribution >= 0.6 is 0 Å². The summed E-state index contributed by atoms with van der Waals surface area (Å²) in [7, 11) is 0. The van der Waals surface area contributed by atoms with E-state index in [0.29, 0.717) is 5.56 Å². The predicted octanol–water partition coefficient (Wildman–Crippen LogP) is -0.507. The van der Waals surface area contributed by atoms with Crippen LogP contribution in [0.3, 0.4) is 0 Å². The molecule has 0 unspecified atom stereocenters. The fraction of sp³-hybridized carbons (Fsp3) is 0.440. The first-order valence-corrected chi connectivity index (χ1v) is 11.5. The first-order chi connectivity index (χ1) is 17.7. The standard InChI is InChI=1S/C25H28O12/c1-2-15-23(34-12-16-22(31)33-10-9-25(15,16)32)37-24-20(30)19(29)21(17(11-26)35-24)36-18(28)8-5-13-3-6-14(27)7-4-13/h2-8,12,15,17,19-21,23-24,26-27,29-30,32H,1,9-11H2/b8-5-/t15-,17+,19+,20+,21+,23-,24-,25+/m0/s1. The molecule has 200 valence electrons. The molecule has 12 heteroatoms. The van der Waals surface area contributed by atoms with E-state index in [2.05, 4.69) is 6.58 Å². The number of rotatable bonds is 7. The summed E-state index contributed by atoms with van der Waals surface area (Å²) in [6, 6.07) is 6.00. The van der Waals surface area contributed by atoms with Gasteiger partial charge in [0.15, 0.2) is 12.4 Å². The first kappa shape index (κ1) is 26.8. The molecule has 2 saturated heterocycles. The summed E-state index contributed by atoms with van der Waals surface area (Å²) >= 11 is 0. The second-order valence-electron chi connectivity index (χ2n) is 8.78. The number of phenols is 1. The van der Waals surface area contributed by atoms with Gasteiger partial charge in [-0.3, -0.25) is 0 Å². The van der Waals surface area contributed by atoms with Crippen molar-refractivity contribution in [3.8, 4) is 5.75 Å². The number of aliphatic hydroxyl groups is 4. The fourth-order valence-electron chi connectivity index (χ4n) is 4.42. The largest absolute Gasteiger partial charge is 0.508 e. The third-order valence-corrected chi connectivity index (χ3v) is 6.47. The van der Waals surface area contributed by atoms with Gasteiger partial charge in [0.25, 0.3) is 0 Å². The Hall–Kier alpha value is -3.26. The third-order valence-electron chi connectivity index (χ3n) is 6.47. The summed E-state index contributed by atoms with van der Waals surface area (Å²) in [4.78, 5) is 24.4. The molecule has 4 rings (SSSR count). The van der Waals surface area contributed by atoms with Gasteiger partial charge in [-0.25, -0.2) is 9.59 Å². The van der Waals surface area contributed by atoms with Gasteiger partial charge in [-0.1, -0.05) is 18.2 Å². The molecule has 0 saturated carbocycles. The third kappa shape index (κ3) is 5.39. The molecule has 3 heterocycles. The van der Waals surface area contributed by atoms with Crippen LogP contribution in [0.2, 0.25) is 0 Å². The number of ether oxygens (including phenoxy) is 5. The summed E-state index contributed by atoms with van der Waals surface area (Å²) in [6.45, 7) is 2.94. The van der Waals surface area contributed by atoms with E-state index in [1.807, 2.05) is 0 Å². The van der Waals surface area contributed by atoms with Crippen LogP contribution < -0.4 is 0 Å². The number of fused-ring (bicyclic) bond motifs is 1. The Morgan fingerprint density at radius 2 is 1.92 bits per heavy atom. The van der Waals surface area contributed by atoms with Crippen molar-refractivity contribution in [2.45, 2.75) is 49.0 Å². The number of aromatic hydroxyl groups is 1. The zero-order valence-corrected chi connectivity index (χ0v) is 19.6. The van der Waals surface area contributed by atoms with Crippen molar-refractivity contribution in [3.05, 3.63) is 60.4 Å². The molecule has 1 aromatic rings. The van der Waals surface area contributed by atoms with E-state index < -0.39 is 67.1 Å². The molecular weight excluding hydrogens is 492 g/mol. The number of esters is 2. The number of benzene rings is 1. The summed E-state index contributed by atoms with van der Waals surface area (Å²) < 4.78 is 26.9. The Labute approximate surface area is 211 Å². The van der Waals surface area contributed by atoms with Gasteiger partial charge in [-0.05, 0) is 23.8 Å². The van der Waals surface area contributed by atoms with E-state index >= 15 is 0 Å². The molecular formula is C25H28O12. The number of aliphatic hydroxyl groups excluding tert-OH is 3. The van der Waals surface area contributed by atoms with Crippen molar-refractivity contribution < 1.29 is 58.8 Å². The summed E-state index contributed by atoms with van der Waals surface area (Å²) in [5.74, 6) is -2.53. The molecule has 8 atom stereocenters. The molecule has 0 aliphatic carbocycles. The van der Waals surface area contributed by atoms with Gasteiger partial charge in [-0.15, -0.1) is 6.58 Å². The van der Waals surface area contributed by atoms with E-state index in [-0.39, 0.29) is 24.4 Å². The molecule has 37 heavy (non-hydrogen) atoms. The molecule has 0 radical (unpaired) electrons. The van der Waals surface area contributed by atoms with Gasteiger partial charge in [0.1, 0.15) is 35.2 Å². The van der Waals surface area contributed by atoms with Crippen molar-refractivity contribution in [2.24, 2.45) is 5.92 Å². The van der Waals surface area contributed by atoms with Crippen molar-refractivity contribution >= 4 is 18.0 Å². The lowest BCUT2D eigenvalue weighted by Crippen LogP contribution is -2.62. The SMILES string of the molecule is C=C[C@H]1[C@H](O[C@@H]2O[C@H](CO)[C@@H](OC(=O)/C=C\c3ccc(O)cc3)[C@H](O)[C@H]2O)OC=C2C(=O)OCC[C@]21O. The number of cyclic esters (lactones) is 1. The number of hydrogen-bond donors (Lipinski definition) is 5. The Morgan fingerprint density at radius 3 is 2.59 bits per heavy atom. The number of hydrogen-bond acceptors (Lipinski definition) is 12. The molecule has 5 N–H and O–H groups in total. The Kier molecular flexibility index (Phi) is 7.97. The molecule has 0 aromatic heterocycles. The van der Waals surface area contributed by atoms with Crippen molar-refractivity contribution in [1.82, 2.24) is 0 Å². The average Bonchev–Trinajstić information content (AvgIpc) is 2.87. The molecule has 0 spiro atoms. The summed E-state index contributed by atoms with van der Waals surface area (Å²) in [5.41, 5.74) is -1.21. The minimum absolute atomic E-state index is 0.0359. The van der Waals surface area contributed by atoms with Gasteiger partial charge < -0.3 is 49.2 Å². The van der Waals surface area contributed by atoms with E-state index in [1.54, 1.807) is 12.1 Å². The maximum absolute atomic E-state index is 12.3. The maximum atomic E-state index is 12.3. The highest BCUT2D eigenvalue weighted by Crippen LogP contribution is 2.42. The van der Waals surface area contributed by atoms with Gasteiger partial charge in [-0.2, -0.15) is 0 Å². The van der Waals surface area contributed by atoms with Crippen molar-refractivity contribution in [1.29, 1.82) is 0 Å². The van der Waals surface area contributed by atoms with Crippen LogP contribution in [0.25, 0.3) is 6.08 Å². The van der Waals surface area contributed by atoms with Crippen LogP contribution in [0, 0.1) is 5.92 Å². The Morgan fingerprint density at radius 1 is 1.19 bits per heavy atom. The van der Waals surface area contributed by atoms with E-state index in [4.69, 9.17) is 23.7 Å². The Bertz CT molecular complexity index is 1060. The lowest BCUT2D eigenvalue weighted by atomic mass is 9.76. The zero-order chi connectivity index (χ0) is 26.7. The van der Waals surface area contributed by atoms with Crippen LogP contribution in [-0.2, 0) is 33.3 Å². The van der Waals surface area contributed by atoms with Crippen LogP contribution in [0.5, 0.6) is 5.75 Å². The smallest absolute Gasteiger partial charge is 0.340 e. The van der Waals surface area contributed by atoms with E-state index in [9.17, 15) is 35.1 Å². The molecule has 12 nitrogen and oxygen atoms in total. The number of carbonyl (C=O) groups is 2. The summed E-state index contributed by atoms with van der Waals surface area (Å²) in [5, 5.41) is 51.6. The second-order valence-corrected chi connectivity index (χ2v) is 8.78. The molecule has 3 aliphatic rings. The fourth-order valence-corrected chi connectivity index (χ4v) is 4.42. The van der Waals surface area contributed by atoms with E-state index in [1.165, 1.54) is 24.3 Å². The quantitative estimate of drug-likeness (QED) is 0.177. The van der Waals surface area contributed by atoms with Gasteiger partial charge in [0, 0.05) is 12.5 Å². The first-order valence-electron chi connectivity index (χ1n) is 11.5. The maximum Gasteiger partial charge on any atom is 0.340 e. The minimum Gasteiger partial charge on any atom is -0.508 e. The highest BCUT2D eigenvalue weighted by Gasteiger charge is 2.55. The topological polar surface area (TPSA) is 181 Å². The average molecular weight is 520 g/mol. The van der Waals surface area contributed by atoms with Gasteiger partial charge in [0.05, 0.1) is 25.4 Å². The van der Waals surface area contributed by atoms with Gasteiger partial charge >= 0.3 is 11.9 Å². The summed E-state index contributed by atoms with van der Waals surface area (Å²) in [6.07, 6.45) is -4.14. The van der Waals surface area contributed by atoms with Crippen molar-refractivity contribution in [3.63, 3.8) is 0 Å². The highest BCUT2D eigenvalue weighted by atomic mass is 16.8. The number of carbonyl (C=O) groups excluding carboxylic acids is 2. The van der Waals surface area contributed by atoms with Crippen LogP contribution in [-0.4, -0.2) is 93.3 Å². The monoisotopic (exact) mass is 520 g/mol. The van der Waals surface area contributed by atoms with E-state index in [0.717, 1.165) is 12.3 Å². The van der Waals surface area contributed by atoms with Crippen LogP contribution in [0.4, 0.5) is 0 Å². The zero-order valence-electron chi connectivity index (χ0n) is 19.6. The normalized spacial score (nSPS) is 35.6. The van der Waals surface area contributed by atoms with Crippen LogP contribution in [0.15, 0.2) is 54.8 Å². The molecule has 0 bridgehead atoms. The Balaban J connectivity index is 1.44. The molecule has 1 aromatic carbocycles. The number of phenolic OH excluding ortho intramolecular Hbond substituents is 1. The molecule has 2 fully saturated rings. The lowest BCUT2D eigenvalue weighted by molar-refractivity contribution is -0.344. The highest BCUT2D eigenvalue weighted by molar-refractivity contribution is 5.91. The predicted molar refractivity (Wildman–Crippen MR) is 123 cm³/mol. The van der Waals surface area contributed by atoms with Crippen LogP contribution in [0.1, 0.15) is 12.0 Å². The minimum atomic E-state index is -1.74. The molecule has 3 aliphatic heterocycles. The van der Waals surface area contributed by atoms with Gasteiger partial charge in [0.2, 0.25) is 6.29 Å². The lowest BCUT2D eigenvalue weighted by Gasteiger charge is -2.46. The second kappa shape index (κ2) is 11.0.